The van der Waals surface area contributed by atoms with E-state index < -0.39 is 18.0 Å². The molecule has 2 aromatic carbocycles. The van der Waals surface area contributed by atoms with Gasteiger partial charge in [0.15, 0.2) is 6.10 Å². The van der Waals surface area contributed by atoms with Gasteiger partial charge in [-0.25, -0.2) is 14.5 Å². The normalized spacial score (nSPS) is 14.1. The molecule has 9 heteroatoms. The molecule has 0 aliphatic carbocycles. The summed E-state index contributed by atoms with van der Waals surface area (Å²) in [6, 6.07) is 18.5. The number of nitrogens with one attached hydrogen (secondary N) is 1. The van der Waals surface area contributed by atoms with E-state index in [9.17, 15) is 14.4 Å². The quantitative estimate of drug-likeness (QED) is 0.405. The van der Waals surface area contributed by atoms with Crippen LogP contribution in [0.25, 0.3) is 16.6 Å². The Labute approximate surface area is 214 Å². The number of anilines is 2. The van der Waals surface area contributed by atoms with Crippen molar-refractivity contribution in [2.75, 3.05) is 23.3 Å². The number of nitrogens with zero attached hydrogens (tertiary/aromatic N) is 4. The number of fused-ring (bicyclic) bond motifs is 1. The first kappa shape index (κ1) is 24.3. The molecule has 1 atom stereocenters. The fraction of sp³-hybridized carbons (Fsp3) is 0.286. The number of ether oxygens (including phenoxy) is 1. The summed E-state index contributed by atoms with van der Waals surface area (Å²) in [7, 11) is 1.75. The van der Waals surface area contributed by atoms with Crippen LogP contribution in [0.1, 0.15) is 35.8 Å². The van der Waals surface area contributed by atoms with Gasteiger partial charge in [0.2, 0.25) is 0 Å². The van der Waals surface area contributed by atoms with E-state index in [1.54, 1.807) is 24.7 Å². The van der Waals surface area contributed by atoms with Crippen molar-refractivity contribution in [2.45, 2.75) is 32.8 Å². The summed E-state index contributed by atoms with van der Waals surface area (Å²) >= 11 is 0. The molecule has 5 rings (SSSR count). The van der Waals surface area contributed by atoms with Crippen molar-refractivity contribution < 1.29 is 14.3 Å². The zero-order valence-corrected chi connectivity index (χ0v) is 21.1. The molecule has 0 spiro atoms. The van der Waals surface area contributed by atoms with Crippen molar-refractivity contribution in [3.8, 4) is 5.69 Å². The number of aromatic nitrogens is 3. The molecule has 1 aliphatic rings. The number of benzene rings is 2. The van der Waals surface area contributed by atoms with E-state index in [4.69, 9.17) is 9.72 Å². The van der Waals surface area contributed by atoms with E-state index in [2.05, 4.69) is 10.2 Å². The second-order valence-electron chi connectivity index (χ2n) is 9.22. The molecule has 1 saturated heterocycles. The second kappa shape index (κ2) is 9.93. The molecule has 3 heterocycles. The average Bonchev–Trinajstić information content (AvgIpc) is 3.52. The third-order valence-corrected chi connectivity index (χ3v) is 6.78. The van der Waals surface area contributed by atoms with Crippen LogP contribution in [0.3, 0.4) is 0 Å². The highest BCUT2D eigenvalue weighted by molar-refractivity contribution is 6.02. The van der Waals surface area contributed by atoms with Crippen LogP contribution in [0, 0.1) is 6.92 Å². The Morgan fingerprint density at radius 2 is 1.70 bits per heavy atom. The van der Waals surface area contributed by atoms with Crippen molar-refractivity contribution >= 4 is 34.3 Å². The van der Waals surface area contributed by atoms with Gasteiger partial charge < -0.3 is 15.0 Å². The van der Waals surface area contributed by atoms with Gasteiger partial charge in [-0.1, -0.05) is 36.4 Å². The molecule has 37 heavy (non-hydrogen) atoms. The standard InChI is InChI=1S/C28H29N5O4/c1-18-24(27(35)33(31(18)3)21-12-5-4-6-13-21)30-26(34)19(2)37-28(36)22-17-20-11-7-8-14-23(20)29-25(22)32-15-9-10-16-32/h4-8,11-14,17,19H,9-10,15-16H2,1-3H3,(H,30,34). The topological polar surface area (TPSA) is 98.5 Å². The molecule has 1 aliphatic heterocycles. The van der Waals surface area contributed by atoms with Gasteiger partial charge in [0, 0.05) is 25.5 Å². The molecule has 1 N–H and O–H groups in total. The van der Waals surface area contributed by atoms with Crippen molar-refractivity contribution in [1.82, 2.24) is 14.3 Å². The third kappa shape index (κ3) is 4.60. The number of hydrogen-bond donors (Lipinski definition) is 1. The number of amides is 1. The summed E-state index contributed by atoms with van der Waals surface area (Å²) < 4.78 is 8.74. The molecule has 2 aromatic heterocycles. The lowest BCUT2D eigenvalue weighted by Crippen LogP contribution is -2.32. The lowest BCUT2D eigenvalue weighted by molar-refractivity contribution is -0.123. The summed E-state index contributed by atoms with van der Waals surface area (Å²) in [6.07, 6.45) is 0.923. The largest absolute Gasteiger partial charge is 0.449 e. The van der Waals surface area contributed by atoms with E-state index in [-0.39, 0.29) is 11.2 Å². The number of hydrogen-bond acceptors (Lipinski definition) is 6. The number of carbonyl (C=O) groups is 2. The number of pyridine rings is 1. The van der Waals surface area contributed by atoms with E-state index in [1.165, 1.54) is 11.6 Å². The number of para-hydroxylation sites is 2. The maximum absolute atomic E-state index is 13.3. The molecular formula is C28H29N5O4. The van der Waals surface area contributed by atoms with Gasteiger partial charge in [-0.05, 0) is 51.0 Å². The fourth-order valence-corrected chi connectivity index (χ4v) is 4.64. The summed E-state index contributed by atoms with van der Waals surface area (Å²) in [5.74, 6) is -0.649. The Hall–Kier alpha value is -4.40. The van der Waals surface area contributed by atoms with E-state index in [1.807, 2.05) is 54.6 Å². The Balaban J connectivity index is 1.38. The van der Waals surface area contributed by atoms with Gasteiger partial charge in [0.05, 0.1) is 16.9 Å². The van der Waals surface area contributed by atoms with Crippen molar-refractivity contribution in [1.29, 1.82) is 0 Å². The monoisotopic (exact) mass is 499 g/mol. The smallest absolute Gasteiger partial charge is 0.342 e. The molecule has 1 fully saturated rings. The Kier molecular flexibility index (Phi) is 6.52. The van der Waals surface area contributed by atoms with Crippen LogP contribution >= 0.6 is 0 Å². The highest BCUT2D eigenvalue weighted by Crippen LogP contribution is 2.27. The maximum atomic E-state index is 13.3. The van der Waals surface area contributed by atoms with Crippen LogP contribution in [0.5, 0.6) is 0 Å². The Bertz CT molecular complexity index is 1530. The summed E-state index contributed by atoms with van der Waals surface area (Å²) in [6.45, 7) is 4.85. The van der Waals surface area contributed by atoms with Crippen LogP contribution in [0.2, 0.25) is 0 Å². The zero-order valence-electron chi connectivity index (χ0n) is 21.1. The summed E-state index contributed by atoms with van der Waals surface area (Å²) in [5.41, 5.74) is 2.15. The number of esters is 1. The summed E-state index contributed by atoms with van der Waals surface area (Å²) in [5, 5.41) is 3.48. The highest BCUT2D eigenvalue weighted by atomic mass is 16.5. The van der Waals surface area contributed by atoms with Gasteiger partial charge in [-0.15, -0.1) is 0 Å². The van der Waals surface area contributed by atoms with E-state index in [0.29, 0.717) is 22.8 Å². The Morgan fingerprint density at radius 3 is 2.43 bits per heavy atom. The summed E-state index contributed by atoms with van der Waals surface area (Å²) in [4.78, 5) is 46.2. The van der Waals surface area contributed by atoms with Crippen LogP contribution in [-0.2, 0) is 16.6 Å². The van der Waals surface area contributed by atoms with Gasteiger partial charge in [-0.2, -0.15) is 0 Å². The van der Waals surface area contributed by atoms with Gasteiger partial charge >= 0.3 is 5.97 Å². The molecule has 190 valence electrons. The third-order valence-electron chi connectivity index (χ3n) is 6.78. The van der Waals surface area contributed by atoms with Crippen LogP contribution < -0.4 is 15.8 Å². The van der Waals surface area contributed by atoms with Crippen molar-refractivity contribution in [3.63, 3.8) is 0 Å². The predicted octanol–water partition coefficient (Wildman–Crippen LogP) is 3.82. The van der Waals surface area contributed by atoms with E-state index in [0.717, 1.165) is 36.8 Å². The predicted molar refractivity (Wildman–Crippen MR) is 142 cm³/mol. The maximum Gasteiger partial charge on any atom is 0.342 e. The molecule has 9 nitrogen and oxygen atoms in total. The first-order chi connectivity index (χ1) is 17.8. The SMILES string of the molecule is Cc1c(NC(=O)C(C)OC(=O)c2cc3ccccc3nc2N2CCCC2)c(=O)n(-c2ccccc2)n1C. The minimum atomic E-state index is -1.13. The molecular weight excluding hydrogens is 470 g/mol. The number of carbonyl (C=O) groups excluding carboxylic acids is 2. The molecule has 0 saturated carbocycles. The second-order valence-corrected chi connectivity index (χ2v) is 9.22. The lowest BCUT2D eigenvalue weighted by atomic mass is 10.1. The molecule has 1 amide bonds. The van der Waals surface area contributed by atoms with Gasteiger partial charge in [0.1, 0.15) is 17.1 Å². The van der Waals surface area contributed by atoms with E-state index >= 15 is 0 Å². The van der Waals surface area contributed by atoms with Gasteiger partial charge in [0.25, 0.3) is 11.5 Å². The van der Waals surface area contributed by atoms with Crippen molar-refractivity contribution in [3.05, 3.63) is 82.3 Å². The van der Waals surface area contributed by atoms with Crippen LogP contribution in [0.4, 0.5) is 11.5 Å². The average molecular weight is 500 g/mol. The first-order valence-electron chi connectivity index (χ1n) is 12.4. The minimum Gasteiger partial charge on any atom is -0.449 e. The lowest BCUT2D eigenvalue weighted by Gasteiger charge is -2.21. The first-order valence-corrected chi connectivity index (χ1v) is 12.4. The highest BCUT2D eigenvalue weighted by Gasteiger charge is 2.27. The molecule has 1 unspecified atom stereocenters. The van der Waals surface area contributed by atoms with Crippen LogP contribution in [-0.4, -0.2) is 45.4 Å². The van der Waals surface area contributed by atoms with Crippen molar-refractivity contribution in [2.24, 2.45) is 7.05 Å². The molecule has 0 bridgehead atoms. The van der Waals surface area contributed by atoms with Crippen LogP contribution in [0.15, 0.2) is 65.5 Å². The fourth-order valence-electron chi connectivity index (χ4n) is 4.64. The number of rotatable bonds is 6. The zero-order chi connectivity index (χ0) is 26.1. The molecule has 4 aromatic rings. The van der Waals surface area contributed by atoms with Gasteiger partial charge in [-0.3, -0.25) is 14.3 Å². The minimum absolute atomic E-state index is 0.143. The Morgan fingerprint density at radius 1 is 1.03 bits per heavy atom. The molecule has 0 radical (unpaired) electrons.